The Morgan fingerprint density at radius 1 is 1.25 bits per heavy atom. The maximum Gasteiger partial charge on any atom is 0.404 e. The SMILES string of the molecule is COc1cc(Nc2nc(N[C@H](CCSC)[C@H](C)NC(=O)O)c(F)cc2C#N)cc(OC)c1. The molecule has 172 valence electrons. The predicted octanol–water partition coefficient (Wildman–Crippen LogP) is 4.04. The largest absolute Gasteiger partial charge is 0.497 e. The Balaban J connectivity index is 2.38. The summed E-state index contributed by atoms with van der Waals surface area (Å²) in [6.07, 6.45) is 1.33. The summed E-state index contributed by atoms with van der Waals surface area (Å²) in [6, 6.07) is 7.14. The number of halogens is 1. The van der Waals surface area contributed by atoms with Gasteiger partial charge in [-0.05, 0) is 31.4 Å². The molecule has 0 saturated heterocycles. The summed E-state index contributed by atoms with van der Waals surface area (Å²) < 4.78 is 25.2. The normalized spacial score (nSPS) is 12.2. The predicted molar refractivity (Wildman–Crippen MR) is 123 cm³/mol. The van der Waals surface area contributed by atoms with Crippen LogP contribution in [-0.2, 0) is 0 Å². The molecule has 2 atom stereocenters. The fraction of sp³-hybridized carbons (Fsp3) is 0.381. The number of aromatic nitrogens is 1. The Labute approximate surface area is 190 Å². The minimum atomic E-state index is -1.17. The van der Waals surface area contributed by atoms with E-state index in [4.69, 9.17) is 14.6 Å². The van der Waals surface area contributed by atoms with Crippen molar-refractivity contribution in [3.63, 3.8) is 0 Å². The lowest BCUT2D eigenvalue weighted by Gasteiger charge is -2.26. The summed E-state index contributed by atoms with van der Waals surface area (Å²) in [4.78, 5) is 15.3. The van der Waals surface area contributed by atoms with Gasteiger partial charge in [0.1, 0.15) is 17.6 Å². The van der Waals surface area contributed by atoms with Gasteiger partial charge in [-0.2, -0.15) is 17.0 Å². The lowest BCUT2D eigenvalue weighted by molar-refractivity contribution is 0.189. The van der Waals surface area contributed by atoms with Crippen LogP contribution in [0, 0.1) is 17.1 Å². The molecule has 4 N–H and O–H groups in total. The van der Waals surface area contributed by atoms with E-state index in [1.165, 1.54) is 14.2 Å². The number of pyridine rings is 1. The van der Waals surface area contributed by atoms with Gasteiger partial charge >= 0.3 is 6.09 Å². The van der Waals surface area contributed by atoms with Crippen LogP contribution >= 0.6 is 11.8 Å². The van der Waals surface area contributed by atoms with Crippen LogP contribution in [0.1, 0.15) is 18.9 Å². The summed E-state index contributed by atoms with van der Waals surface area (Å²) >= 11 is 1.59. The number of carbonyl (C=O) groups is 1. The van der Waals surface area contributed by atoms with Crippen LogP contribution in [0.3, 0.4) is 0 Å². The summed E-state index contributed by atoms with van der Waals surface area (Å²) in [5.41, 5.74) is 0.537. The monoisotopic (exact) mass is 463 g/mol. The molecule has 0 unspecified atom stereocenters. The van der Waals surface area contributed by atoms with Crippen molar-refractivity contribution in [3.05, 3.63) is 35.6 Å². The number of nitrogens with zero attached hydrogens (tertiary/aromatic N) is 2. The van der Waals surface area contributed by atoms with Gasteiger partial charge in [0.15, 0.2) is 17.5 Å². The van der Waals surface area contributed by atoms with Crippen molar-refractivity contribution in [1.82, 2.24) is 10.3 Å². The van der Waals surface area contributed by atoms with E-state index in [1.807, 2.05) is 12.3 Å². The number of rotatable bonds is 11. The Kier molecular flexibility index (Phi) is 9.22. The van der Waals surface area contributed by atoms with E-state index in [2.05, 4.69) is 20.9 Å². The average Bonchev–Trinajstić information content (AvgIpc) is 2.77. The van der Waals surface area contributed by atoms with Crippen molar-refractivity contribution in [2.45, 2.75) is 25.4 Å². The zero-order chi connectivity index (χ0) is 23.7. The molecule has 0 bridgehead atoms. The molecule has 0 spiro atoms. The Morgan fingerprint density at radius 2 is 1.91 bits per heavy atom. The highest BCUT2D eigenvalue weighted by molar-refractivity contribution is 7.98. The molecule has 0 aliphatic rings. The van der Waals surface area contributed by atoms with Crippen molar-refractivity contribution in [2.75, 3.05) is 36.9 Å². The van der Waals surface area contributed by atoms with Gasteiger partial charge in [0.25, 0.3) is 0 Å². The standard InChI is InChI=1S/C21H26FN5O4S/c1-12(24-21(28)29)18(5-6-32-4)26-20-17(22)7-13(11-23)19(27-20)25-14-8-15(30-2)10-16(9-14)31-3/h7-10,12,18,24H,5-6H2,1-4H3,(H,28,29)(H2,25,26,27)/t12-,18+/m0/s1. The summed E-state index contributed by atoms with van der Waals surface area (Å²) in [6.45, 7) is 1.69. The van der Waals surface area contributed by atoms with Crippen molar-refractivity contribution in [2.24, 2.45) is 0 Å². The molecule has 0 saturated carbocycles. The third-order valence-electron chi connectivity index (χ3n) is 4.62. The highest BCUT2D eigenvalue weighted by Gasteiger charge is 2.22. The van der Waals surface area contributed by atoms with E-state index in [0.29, 0.717) is 23.6 Å². The number of benzene rings is 1. The first-order chi connectivity index (χ1) is 15.3. The minimum Gasteiger partial charge on any atom is -0.497 e. The van der Waals surface area contributed by atoms with E-state index in [0.717, 1.165) is 11.8 Å². The Bertz CT molecular complexity index is 963. The lowest BCUT2D eigenvalue weighted by Crippen LogP contribution is -2.45. The van der Waals surface area contributed by atoms with Crippen molar-refractivity contribution < 1.29 is 23.8 Å². The fourth-order valence-corrected chi connectivity index (χ4v) is 3.44. The summed E-state index contributed by atoms with van der Waals surface area (Å²) in [5.74, 6) is 1.11. The van der Waals surface area contributed by atoms with E-state index < -0.39 is 24.0 Å². The van der Waals surface area contributed by atoms with Crippen molar-refractivity contribution >= 4 is 35.2 Å². The van der Waals surface area contributed by atoms with Gasteiger partial charge in [0.05, 0.1) is 19.8 Å². The van der Waals surface area contributed by atoms with Gasteiger partial charge in [-0.3, -0.25) is 0 Å². The van der Waals surface area contributed by atoms with Crippen LogP contribution < -0.4 is 25.4 Å². The molecule has 1 aromatic carbocycles. The van der Waals surface area contributed by atoms with Crippen LogP contribution in [0.5, 0.6) is 11.5 Å². The third kappa shape index (κ3) is 6.81. The number of methoxy groups -OCH3 is 2. The Morgan fingerprint density at radius 3 is 2.44 bits per heavy atom. The molecular weight excluding hydrogens is 437 g/mol. The van der Waals surface area contributed by atoms with Crippen LogP contribution in [0.25, 0.3) is 0 Å². The smallest absolute Gasteiger partial charge is 0.404 e. The minimum absolute atomic E-state index is 0.00668. The van der Waals surface area contributed by atoms with E-state index in [1.54, 1.807) is 36.9 Å². The van der Waals surface area contributed by atoms with Crippen LogP contribution in [-0.4, -0.2) is 54.5 Å². The van der Waals surface area contributed by atoms with Crippen molar-refractivity contribution in [3.8, 4) is 17.6 Å². The summed E-state index contributed by atoms with van der Waals surface area (Å²) in [5, 5.41) is 26.9. The number of thioether (sulfide) groups is 1. The van der Waals surface area contributed by atoms with Gasteiger partial charge in [-0.25, -0.2) is 14.2 Å². The second-order valence-electron chi connectivity index (χ2n) is 6.82. The fourth-order valence-electron chi connectivity index (χ4n) is 2.95. The summed E-state index contributed by atoms with van der Waals surface area (Å²) in [7, 11) is 3.02. The van der Waals surface area contributed by atoms with Gasteiger partial charge in [0.2, 0.25) is 0 Å². The van der Waals surface area contributed by atoms with Gasteiger partial charge in [0, 0.05) is 36.0 Å². The second-order valence-corrected chi connectivity index (χ2v) is 7.81. The lowest BCUT2D eigenvalue weighted by atomic mass is 10.1. The number of hydrogen-bond acceptors (Lipinski definition) is 8. The second kappa shape index (κ2) is 11.9. The molecule has 2 aromatic rings. The molecule has 1 amide bonds. The molecular formula is C21H26FN5O4S. The molecule has 1 aromatic heterocycles. The maximum absolute atomic E-state index is 14.7. The van der Waals surface area contributed by atoms with Crippen LogP contribution in [0.15, 0.2) is 24.3 Å². The van der Waals surface area contributed by atoms with E-state index in [9.17, 15) is 14.4 Å². The zero-order valence-corrected chi connectivity index (χ0v) is 19.0. The molecule has 0 aliphatic carbocycles. The number of carboxylic acid groups (broad SMARTS) is 1. The average molecular weight is 464 g/mol. The van der Waals surface area contributed by atoms with Crippen LogP contribution in [0.4, 0.5) is 26.5 Å². The molecule has 2 rings (SSSR count). The van der Waals surface area contributed by atoms with E-state index >= 15 is 0 Å². The number of ether oxygens (including phenoxy) is 2. The number of anilines is 3. The van der Waals surface area contributed by atoms with Crippen molar-refractivity contribution in [1.29, 1.82) is 5.26 Å². The molecule has 11 heteroatoms. The molecule has 0 radical (unpaired) electrons. The van der Waals surface area contributed by atoms with Gasteiger partial charge in [-0.1, -0.05) is 0 Å². The molecule has 1 heterocycles. The van der Waals surface area contributed by atoms with E-state index in [-0.39, 0.29) is 17.2 Å². The molecule has 0 aliphatic heterocycles. The molecule has 32 heavy (non-hydrogen) atoms. The van der Waals surface area contributed by atoms with Crippen LogP contribution in [0.2, 0.25) is 0 Å². The number of nitriles is 1. The first-order valence-electron chi connectivity index (χ1n) is 9.66. The zero-order valence-electron chi connectivity index (χ0n) is 18.2. The quantitative estimate of drug-likeness (QED) is 0.390. The number of hydrogen-bond donors (Lipinski definition) is 4. The number of amides is 1. The third-order valence-corrected chi connectivity index (χ3v) is 5.26. The Hall–Kier alpha value is -3.39. The topological polar surface area (TPSA) is 129 Å². The first-order valence-corrected chi connectivity index (χ1v) is 11.1. The van der Waals surface area contributed by atoms with Gasteiger partial charge in [-0.15, -0.1) is 0 Å². The van der Waals surface area contributed by atoms with Gasteiger partial charge < -0.3 is 30.5 Å². The highest BCUT2D eigenvalue weighted by atomic mass is 32.2. The first kappa shape index (κ1) is 24.9. The maximum atomic E-state index is 14.7. The highest BCUT2D eigenvalue weighted by Crippen LogP contribution is 2.30. The molecule has 9 nitrogen and oxygen atoms in total. The number of nitrogens with one attached hydrogen (secondary N) is 3. The molecule has 0 fully saturated rings.